The van der Waals surface area contributed by atoms with Crippen LogP contribution < -0.4 is 11.1 Å². The predicted molar refractivity (Wildman–Crippen MR) is 77.7 cm³/mol. The summed E-state index contributed by atoms with van der Waals surface area (Å²) in [5, 5.41) is 12.0. The highest BCUT2D eigenvalue weighted by molar-refractivity contribution is 5.77. The van der Waals surface area contributed by atoms with E-state index in [-0.39, 0.29) is 18.1 Å². The molecule has 1 amide bonds. The van der Waals surface area contributed by atoms with Gasteiger partial charge in [-0.3, -0.25) is 4.79 Å². The topological polar surface area (TPSA) is 75.3 Å². The van der Waals surface area contributed by atoms with Gasteiger partial charge in [-0.15, -0.1) is 0 Å². The highest BCUT2D eigenvalue weighted by Gasteiger charge is 2.23. The van der Waals surface area contributed by atoms with Crippen LogP contribution in [-0.4, -0.2) is 23.2 Å². The summed E-state index contributed by atoms with van der Waals surface area (Å²) in [6.45, 7) is 4.05. The number of nitrogens with one attached hydrogen (secondary N) is 1. The smallest absolute Gasteiger partial charge is 0.220 e. The number of aliphatic hydroxyl groups excluding tert-OH is 1. The van der Waals surface area contributed by atoms with Crippen molar-refractivity contribution in [1.82, 2.24) is 5.32 Å². The van der Waals surface area contributed by atoms with Gasteiger partial charge in [-0.05, 0) is 43.9 Å². The summed E-state index contributed by atoms with van der Waals surface area (Å²) < 4.78 is 0. The summed E-state index contributed by atoms with van der Waals surface area (Å²) in [4.78, 5) is 11.9. The fourth-order valence-corrected chi connectivity index (χ4v) is 1.98. The van der Waals surface area contributed by atoms with Crippen molar-refractivity contribution < 1.29 is 9.90 Å². The Kier molecular flexibility index (Phi) is 5.83. The molecule has 0 heterocycles. The number of rotatable bonds is 7. The second-order valence-corrected chi connectivity index (χ2v) is 5.18. The van der Waals surface area contributed by atoms with E-state index in [1.54, 1.807) is 0 Å². The van der Waals surface area contributed by atoms with E-state index in [9.17, 15) is 4.79 Å². The van der Waals surface area contributed by atoms with Crippen LogP contribution in [0.2, 0.25) is 0 Å². The monoisotopic (exact) mass is 264 g/mol. The lowest BCUT2D eigenvalue weighted by atomic mass is 9.94. The first-order valence-electron chi connectivity index (χ1n) is 6.75. The van der Waals surface area contributed by atoms with Crippen molar-refractivity contribution in [2.45, 2.75) is 45.1 Å². The molecule has 1 aromatic rings. The number of carbonyl (C=O) groups is 1. The van der Waals surface area contributed by atoms with Gasteiger partial charge in [0.05, 0.1) is 0 Å². The maximum absolute atomic E-state index is 11.9. The van der Waals surface area contributed by atoms with Gasteiger partial charge in [-0.2, -0.15) is 0 Å². The number of hydrogen-bond donors (Lipinski definition) is 3. The number of amides is 1. The molecule has 1 rings (SSSR count). The summed E-state index contributed by atoms with van der Waals surface area (Å²) in [6.07, 6.45) is 2.49. The van der Waals surface area contributed by atoms with Crippen molar-refractivity contribution in [2.24, 2.45) is 0 Å². The summed E-state index contributed by atoms with van der Waals surface area (Å²) in [7, 11) is 0. The standard InChI is InChI=1S/C15H24N2O2/c1-3-15(2,9-10-18)17-14(19)8-7-12-5-4-6-13(16)11-12/h4-6,11,18H,3,7-10,16H2,1-2H3,(H,17,19). The molecule has 0 saturated heterocycles. The molecule has 0 aliphatic rings. The minimum Gasteiger partial charge on any atom is -0.399 e. The van der Waals surface area contributed by atoms with Gasteiger partial charge in [-0.25, -0.2) is 0 Å². The Labute approximate surface area is 115 Å². The third-order valence-electron chi connectivity index (χ3n) is 3.48. The van der Waals surface area contributed by atoms with E-state index in [2.05, 4.69) is 5.32 Å². The first-order chi connectivity index (χ1) is 8.99. The van der Waals surface area contributed by atoms with Gasteiger partial charge >= 0.3 is 0 Å². The normalized spacial score (nSPS) is 13.8. The van der Waals surface area contributed by atoms with E-state index < -0.39 is 0 Å². The van der Waals surface area contributed by atoms with Crippen LogP contribution >= 0.6 is 0 Å². The van der Waals surface area contributed by atoms with Crippen LogP contribution in [0.4, 0.5) is 5.69 Å². The number of benzene rings is 1. The highest BCUT2D eigenvalue weighted by Crippen LogP contribution is 2.15. The Morgan fingerprint density at radius 2 is 2.21 bits per heavy atom. The molecular formula is C15H24N2O2. The van der Waals surface area contributed by atoms with Gasteiger partial charge in [0, 0.05) is 24.3 Å². The average molecular weight is 264 g/mol. The van der Waals surface area contributed by atoms with Crippen LogP contribution in [0, 0.1) is 0 Å². The molecule has 0 radical (unpaired) electrons. The van der Waals surface area contributed by atoms with Gasteiger partial charge in [0.2, 0.25) is 5.91 Å². The number of anilines is 1. The molecule has 4 heteroatoms. The highest BCUT2D eigenvalue weighted by atomic mass is 16.3. The van der Waals surface area contributed by atoms with Crippen LogP contribution in [0.15, 0.2) is 24.3 Å². The van der Waals surface area contributed by atoms with Crippen molar-refractivity contribution in [3.63, 3.8) is 0 Å². The number of nitrogens with two attached hydrogens (primary N) is 1. The molecule has 1 aromatic carbocycles. The molecule has 0 aliphatic carbocycles. The molecule has 0 aliphatic heterocycles. The summed E-state index contributed by atoms with van der Waals surface area (Å²) in [6, 6.07) is 7.58. The van der Waals surface area contributed by atoms with Crippen LogP contribution in [-0.2, 0) is 11.2 Å². The SMILES string of the molecule is CCC(C)(CCO)NC(=O)CCc1cccc(N)c1. The quantitative estimate of drug-likeness (QED) is 0.658. The van der Waals surface area contributed by atoms with Gasteiger partial charge in [0.15, 0.2) is 0 Å². The molecule has 0 aromatic heterocycles. The Bertz CT molecular complexity index is 420. The molecule has 0 spiro atoms. The number of aliphatic hydroxyl groups is 1. The van der Waals surface area contributed by atoms with Gasteiger partial charge < -0.3 is 16.2 Å². The largest absolute Gasteiger partial charge is 0.399 e. The first kappa shape index (κ1) is 15.5. The predicted octanol–water partition coefficient (Wildman–Crippen LogP) is 1.87. The Balaban J connectivity index is 2.47. The summed E-state index contributed by atoms with van der Waals surface area (Å²) in [5.74, 6) is 0.0141. The molecule has 4 N–H and O–H groups in total. The average Bonchev–Trinajstić information content (AvgIpc) is 2.37. The van der Waals surface area contributed by atoms with Crippen molar-refractivity contribution in [3.05, 3.63) is 29.8 Å². The Morgan fingerprint density at radius 3 is 2.79 bits per heavy atom. The minimum absolute atomic E-state index is 0.0141. The second-order valence-electron chi connectivity index (χ2n) is 5.18. The number of nitrogen functional groups attached to an aromatic ring is 1. The molecular weight excluding hydrogens is 240 g/mol. The molecule has 106 valence electrons. The molecule has 1 atom stereocenters. The Morgan fingerprint density at radius 1 is 1.47 bits per heavy atom. The maximum atomic E-state index is 11.9. The maximum Gasteiger partial charge on any atom is 0.220 e. The van der Waals surface area contributed by atoms with Crippen LogP contribution in [0.5, 0.6) is 0 Å². The van der Waals surface area contributed by atoms with Crippen molar-refractivity contribution in [2.75, 3.05) is 12.3 Å². The van der Waals surface area contributed by atoms with Gasteiger partial charge in [0.25, 0.3) is 0 Å². The van der Waals surface area contributed by atoms with Crippen LogP contribution in [0.3, 0.4) is 0 Å². The molecule has 4 nitrogen and oxygen atoms in total. The zero-order valence-electron chi connectivity index (χ0n) is 11.8. The number of carbonyl (C=O) groups excluding carboxylic acids is 1. The van der Waals surface area contributed by atoms with E-state index in [4.69, 9.17) is 10.8 Å². The lowest BCUT2D eigenvalue weighted by Gasteiger charge is -2.29. The van der Waals surface area contributed by atoms with Crippen molar-refractivity contribution in [3.8, 4) is 0 Å². The van der Waals surface area contributed by atoms with Crippen molar-refractivity contribution >= 4 is 11.6 Å². The van der Waals surface area contributed by atoms with E-state index in [1.807, 2.05) is 38.1 Å². The number of hydrogen-bond acceptors (Lipinski definition) is 3. The van der Waals surface area contributed by atoms with Crippen molar-refractivity contribution in [1.29, 1.82) is 0 Å². The number of aryl methyl sites for hydroxylation is 1. The second kappa shape index (κ2) is 7.14. The van der Waals surface area contributed by atoms with E-state index in [1.165, 1.54) is 0 Å². The van der Waals surface area contributed by atoms with E-state index in [0.717, 1.165) is 17.7 Å². The van der Waals surface area contributed by atoms with E-state index >= 15 is 0 Å². The summed E-state index contributed by atoms with van der Waals surface area (Å²) >= 11 is 0. The molecule has 1 unspecified atom stereocenters. The molecule has 0 fully saturated rings. The van der Waals surface area contributed by atoms with E-state index in [0.29, 0.717) is 19.3 Å². The van der Waals surface area contributed by atoms with Crippen LogP contribution in [0.1, 0.15) is 38.7 Å². The zero-order valence-corrected chi connectivity index (χ0v) is 11.8. The fraction of sp³-hybridized carbons (Fsp3) is 0.533. The lowest BCUT2D eigenvalue weighted by molar-refractivity contribution is -0.123. The molecule has 0 bridgehead atoms. The first-order valence-corrected chi connectivity index (χ1v) is 6.75. The molecule has 0 saturated carbocycles. The van der Waals surface area contributed by atoms with Crippen LogP contribution in [0.25, 0.3) is 0 Å². The lowest BCUT2D eigenvalue weighted by Crippen LogP contribution is -2.46. The zero-order chi connectivity index (χ0) is 14.3. The minimum atomic E-state index is -0.318. The molecule has 19 heavy (non-hydrogen) atoms. The third kappa shape index (κ3) is 5.30. The summed E-state index contributed by atoms with van der Waals surface area (Å²) in [5.41, 5.74) is 7.17. The third-order valence-corrected chi connectivity index (χ3v) is 3.48. The Hall–Kier alpha value is -1.55. The fourth-order valence-electron chi connectivity index (χ4n) is 1.98. The van der Waals surface area contributed by atoms with Gasteiger partial charge in [-0.1, -0.05) is 19.1 Å². The van der Waals surface area contributed by atoms with Gasteiger partial charge in [0.1, 0.15) is 0 Å².